The quantitative estimate of drug-likeness (QED) is 0.631. The Hall–Kier alpha value is -2.52. The number of carbonyl (C=O) groups is 2. The van der Waals surface area contributed by atoms with Crippen LogP contribution in [0.25, 0.3) is 0 Å². The zero-order valence-electron chi connectivity index (χ0n) is 12.1. The summed E-state index contributed by atoms with van der Waals surface area (Å²) in [6.45, 7) is 0.221. The number of nitrogens with two attached hydrogens (primary N) is 2. The minimum atomic E-state index is -0.683. The molecule has 2 aromatic rings. The molecule has 0 bridgehead atoms. The second-order valence-corrected chi connectivity index (χ2v) is 5.56. The summed E-state index contributed by atoms with van der Waals surface area (Å²) >= 11 is 1.16. The molecular formula is C14H16FN5O2S. The SMILES string of the molecule is NCC(C(N)=O)c1csc(NC(=O)NCc2cccc(F)c2)n1. The number of anilines is 1. The van der Waals surface area contributed by atoms with Crippen LogP contribution in [0, 0.1) is 5.82 Å². The van der Waals surface area contributed by atoms with E-state index >= 15 is 0 Å². The van der Waals surface area contributed by atoms with Crippen LogP contribution in [-0.4, -0.2) is 23.5 Å². The zero-order valence-corrected chi connectivity index (χ0v) is 12.9. The lowest BCUT2D eigenvalue weighted by Crippen LogP contribution is -2.29. The number of benzene rings is 1. The summed E-state index contributed by atoms with van der Waals surface area (Å²) in [6.07, 6.45) is 0. The molecule has 0 spiro atoms. The van der Waals surface area contributed by atoms with Crippen LogP contribution in [0.5, 0.6) is 0 Å². The predicted octanol–water partition coefficient (Wildman–Crippen LogP) is 1.13. The lowest BCUT2D eigenvalue weighted by atomic mass is 10.1. The molecule has 2 rings (SSSR count). The molecule has 23 heavy (non-hydrogen) atoms. The van der Waals surface area contributed by atoms with E-state index in [0.29, 0.717) is 16.4 Å². The molecule has 0 aliphatic carbocycles. The number of nitrogens with zero attached hydrogens (tertiary/aromatic N) is 1. The molecule has 0 saturated heterocycles. The number of halogens is 1. The van der Waals surface area contributed by atoms with Crippen LogP contribution in [0.15, 0.2) is 29.6 Å². The molecule has 122 valence electrons. The number of primary amides is 1. The third-order valence-electron chi connectivity index (χ3n) is 3.02. The fourth-order valence-corrected chi connectivity index (χ4v) is 2.62. The van der Waals surface area contributed by atoms with Crippen LogP contribution >= 0.6 is 11.3 Å². The molecule has 0 radical (unpaired) electrons. The minimum Gasteiger partial charge on any atom is -0.369 e. The fourth-order valence-electron chi connectivity index (χ4n) is 1.86. The second-order valence-electron chi connectivity index (χ2n) is 4.71. The van der Waals surface area contributed by atoms with E-state index in [9.17, 15) is 14.0 Å². The molecule has 1 heterocycles. The number of amides is 3. The minimum absolute atomic E-state index is 0.0459. The first kappa shape index (κ1) is 16.8. The van der Waals surface area contributed by atoms with Gasteiger partial charge in [-0.1, -0.05) is 12.1 Å². The van der Waals surface area contributed by atoms with Gasteiger partial charge in [-0.25, -0.2) is 14.2 Å². The molecule has 3 amide bonds. The third-order valence-corrected chi connectivity index (χ3v) is 3.80. The average Bonchev–Trinajstić information content (AvgIpc) is 2.94. The van der Waals surface area contributed by atoms with Crippen LogP contribution in [0.2, 0.25) is 0 Å². The van der Waals surface area contributed by atoms with E-state index in [1.165, 1.54) is 12.1 Å². The standard InChI is InChI=1S/C14H16FN5O2S/c15-9-3-1-2-8(4-9)6-18-13(22)20-14-19-11(7-23-14)10(5-16)12(17)21/h1-4,7,10H,5-6,16H2,(H2,17,21)(H2,18,19,20,22). The Kier molecular flexibility index (Phi) is 5.61. The van der Waals surface area contributed by atoms with Crippen molar-refractivity contribution in [3.05, 3.63) is 46.7 Å². The summed E-state index contributed by atoms with van der Waals surface area (Å²) in [5.41, 5.74) is 11.8. The van der Waals surface area contributed by atoms with Crippen molar-refractivity contribution < 1.29 is 14.0 Å². The van der Waals surface area contributed by atoms with E-state index in [2.05, 4.69) is 15.6 Å². The van der Waals surface area contributed by atoms with E-state index in [1.807, 2.05) is 0 Å². The van der Waals surface area contributed by atoms with Crippen LogP contribution < -0.4 is 22.1 Å². The first-order valence-corrected chi connectivity index (χ1v) is 7.61. The predicted molar refractivity (Wildman–Crippen MR) is 85.4 cm³/mol. The Morgan fingerprint density at radius 1 is 1.39 bits per heavy atom. The van der Waals surface area contributed by atoms with Gasteiger partial charge >= 0.3 is 6.03 Å². The van der Waals surface area contributed by atoms with Gasteiger partial charge in [0.2, 0.25) is 5.91 Å². The molecule has 0 aliphatic rings. The van der Waals surface area contributed by atoms with Gasteiger partial charge in [0.15, 0.2) is 5.13 Å². The van der Waals surface area contributed by atoms with Gasteiger partial charge in [0.1, 0.15) is 5.82 Å². The van der Waals surface area contributed by atoms with Gasteiger partial charge < -0.3 is 16.8 Å². The first-order valence-electron chi connectivity index (χ1n) is 6.73. The van der Waals surface area contributed by atoms with Gasteiger partial charge in [0.25, 0.3) is 0 Å². The average molecular weight is 337 g/mol. The topological polar surface area (TPSA) is 123 Å². The maximum Gasteiger partial charge on any atom is 0.321 e. The maximum atomic E-state index is 13.0. The number of nitrogens with one attached hydrogen (secondary N) is 2. The number of hydrogen-bond acceptors (Lipinski definition) is 5. The summed E-state index contributed by atoms with van der Waals surface area (Å²) < 4.78 is 13.0. The van der Waals surface area contributed by atoms with Crippen LogP contribution in [-0.2, 0) is 11.3 Å². The van der Waals surface area contributed by atoms with Crippen molar-refractivity contribution in [1.82, 2.24) is 10.3 Å². The smallest absolute Gasteiger partial charge is 0.321 e. The molecule has 9 heteroatoms. The zero-order chi connectivity index (χ0) is 16.8. The van der Waals surface area contributed by atoms with Gasteiger partial charge in [-0.2, -0.15) is 0 Å². The van der Waals surface area contributed by atoms with E-state index in [4.69, 9.17) is 11.5 Å². The van der Waals surface area contributed by atoms with Crippen molar-refractivity contribution in [2.45, 2.75) is 12.5 Å². The van der Waals surface area contributed by atoms with E-state index < -0.39 is 17.9 Å². The van der Waals surface area contributed by atoms with Crippen molar-refractivity contribution in [1.29, 1.82) is 0 Å². The molecule has 0 saturated carbocycles. The molecule has 1 aromatic heterocycles. The van der Waals surface area contributed by atoms with Crippen LogP contribution in [0.1, 0.15) is 17.2 Å². The fraction of sp³-hybridized carbons (Fsp3) is 0.214. The highest BCUT2D eigenvalue weighted by Crippen LogP contribution is 2.21. The molecule has 1 atom stereocenters. The van der Waals surface area contributed by atoms with Crippen molar-refractivity contribution >= 4 is 28.4 Å². The van der Waals surface area contributed by atoms with Gasteiger partial charge in [-0.3, -0.25) is 10.1 Å². The summed E-state index contributed by atoms with van der Waals surface area (Å²) in [5, 5.41) is 7.05. The maximum absolute atomic E-state index is 13.0. The highest BCUT2D eigenvalue weighted by atomic mass is 32.1. The summed E-state index contributed by atoms with van der Waals surface area (Å²) in [4.78, 5) is 27.1. The third kappa shape index (κ3) is 4.73. The Morgan fingerprint density at radius 2 is 2.17 bits per heavy atom. The van der Waals surface area contributed by atoms with Gasteiger partial charge in [-0.15, -0.1) is 11.3 Å². The largest absolute Gasteiger partial charge is 0.369 e. The van der Waals surface area contributed by atoms with Crippen molar-refractivity contribution in [2.75, 3.05) is 11.9 Å². The van der Waals surface area contributed by atoms with Crippen molar-refractivity contribution in [3.8, 4) is 0 Å². The molecule has 0 fully saturated rings. The van der Waals surface area contributed by atoms with Gasteiger partial charge in [-0.05, 0) is 17.7 Å². The molecule has 6 N–H and O–H groups in total. The number of urea groups is 1. The summed E-state index contributed by atoms with van der Waals surface area (Å²) in [6, 6.07) is 5.43. The number of aromatic nitrogens is 1. The van der Waals surface area contributed by atoms with Gasteiger partial charge in [0, 0.05) is 18.5 Å². The van der Waals surface area contributed by atoms with E-state index in [1.54, 1.807) is 17.5 Å². The Balaban J connectivity index is 1.90. The summed E-state index contributed by atoms with van der Waals surface area (Å²) in [5.74, 6) is -1.62. The number of rotatable bonds is 6. The number of thiazole rings is 1. The number of carbonyl (C=O) groups excluding carboxylic acids is 2. The molecule has 1 unspecified atom stereocenters. The highest BCUT2D eigenvalue weighted by Gasteiger charge is 2.19. The Labute approximate surface area is 135 Å². The van der Waals surface area contributed by atoms with Gasteiger partial charge in [0.05, 0.1) is 11.6 Å². The molecule has 0 aliphatic heterocycles. The lowest BCUT2D eigenvalue weighted by molar-refractivity contribution is -0.119. The Morgan fingerprint density at radius 3 is 2.83 bits per heavy atom. The highest BCUT2D eigenvalue weighted by molar-refractivity contribution is 7.13. The van der Waals surface area contributed by atoms with Crippen molar-refractivity contribution in [2.24, 2.45) is 11.5 Å². The summed E-state index contributed by atoms with van der Waals surface area (Å²) in [7, 11) is 0. The van der Waals surface area contributed by atoms with Crippen LogP contribution in [0.3, 0.4) is 0 Å². The number of hydrogen-bond donors (Lipinski definition) is 4. The normalized spacial score (nSPS) is 11.7. The molecule has 7 nitrogen and oxygen atoms in total. The molecule has 1 aromatic carbocycles. The second kappa shape index (κ2) is 7.65. The van der Waals surface area contributed by atoms with E-state index in [0.717, 1.165) is 11.3 Å². The first-order chi connectivity index (χ1) is 11.0. The molecular weight excluding hydrogens is 321 g/mol. The van der Waals surface area contributed by atoms with E-state index in [-0.39, 0.29) is 18.9 Å². The Bertz CT molecular complexity index is 706. The monoisotopic (exact) mass is 337 g/mol. The lowest BCUT2D eigenvalue weighted by Gasteiger charge is -2.07. The van der Waals surface area contributed by atoms with Crippen LogP contribution in [0.4, 0.5) is 14.3 Å². The van der Waals surface area contributed by atoms with Crippen molar-refractivity contribution in [3.63, 3.8) is 0 Å².